The number of nitriles is 1. The van der Waals surface area contributed by atoms with E-state index in [-0.39, 0.29) is 5.41 Å². The molecule has 0 saturated heterocycles. The molecule has 0 amide bonds. The summed E-state index contributed by atoms with van der Waals surface area (Å²) in [4.78, 5) is 0. The van der Waals surface area contributed by atoms with E-state index in [4.69, 9.17) is 11.6 Å². The van der Waals surface area contributed by atoms with Gasteiger partial charge in [-0.2, -0.15) is 5.26 Å². The van der Waals surface area contributed by atoms with Crippen LogP contribution >= 0.6 is 11.6 Å². The topological polar surface area (TPSA) is 35.8 Å². The Labute approximate surface area is 107 Å². The molecule has 0 aliphatic heterocycles. The average Bonchev–Trinajstić information content (AvgIpc) is 3.21. The molecule has 88 valence electrons. The normalized spacial score (nSPS) is 20.9. The number of nitrogens with one attached hydrogen (secondary N) is 1. The molecule has 2 aliphatic rings. The van der Waals surface area contributed by atoms with E-state index in [0.29, 0.717) is 6.04 Å². The number of nitrogens with zero attached hydrogens (tertiary/aromatic N) is 1. The molecule has 3 heteroatoms. The number of rotatable bonds is 4. The third-order valence-electron chi connectivity index (χ3n) is 3.71. The summed E-state index contributed by atoms with van der Waals surface area (Å²) in [5.41, 5.74) is 2.16. The molecule has 0 radical (unpaired) electrons. The minimum atomic E-state index is -0.217. The Morgan fingerprint density at radius 1 is 1.41 bits per heavy atom. The van der Waals surface area contributed by atoms with Gasteiger partial charge < -0.3 is 5.32 Å². The predicted octanol–water partition coefficient (Wildman–Crippen LogP) is 3.15. The summed E-state index contributed by atoms with van der Waals surface area (Å²) in [6.45, 7) is 0.837. The Balaban J connectivity index is 1.88. The zero-order valence-corrected chi connectivity index (χ0v) is 10.4. The Hall–Kier alpha value is -1.04. The maximum absolute atomic E-state index is 9.29. The lowest BCUT2D eigenvalue weighted by Gasteiger charge is -2.14. The molecule has 3 rings (SSSR count). The predicted molar refractivity (Wildman–Crippen MR) is 67.8 cm³/mol. The van der Waals surface area contributed by atoms with Crippen molar-refractivity contribution in [3.8, 4) is 6.07 Å². The van der Waals surface area contributed by atoms with Crippen LogP contribution in [-0.2, 0) is 12.0 Å². The maximum atomic E-state index is 9.29. The van der Waals surface area contributed by atoms with Gasteiger partial charge in [-0.05, 0) is 48.9 Å². The molecule has 1 N–H and O–H groups in total. The lowest BCUT2D eigenvalue weighted by Crippen LogP contribution is -2.18. The lowest BCUT2D eigenvalue weighted by molar-refractivity contribution is 0.677. The molecule has 2 nitrogen and oxygen atoms in total. The molecule has 17 heavy (non-hydrogen) atoms. The first kappa shape index (κ1) is 11.1. The van der Waals surface area contributed by atoms with Gasteiger partial charge in [-0.15, -0.1) is 0 Å². The van der Waals surface area contributed by atoms with Gasteiger partial charge in [-0.25, -0.2) is 0 Å². The van der Waals surface area contributed by atoms with Crippen LogP contribution in [0.5, 0.6) is 0 Å². The molecule has 2 fully saturated rings. The van der Waals surface area contributed by atoms with Crippen molar-refractivity contribution in [2.75, 3.05) is 0 Å². The van der Waals surface area contributed by atoms with Crippen LogP contribution < -0.4 is 5.32 Å². The Kier molecular flexibility index (Phi) is 2.61. The van der Waals surface area contributed by atoms with E-state index in [1.54, 1.807) is 0 Å². The SMILES string of the molecule is N#CC1(c2ccc(Cl)cc2CNC2CC2)CC1. The highest BCUT2D eigenvalue weighted by molar-refractivity contribution is 6.30. The largest absolute Gasteiger partial charge is 0.310 e. The van der Waals surface area contributed by atoms with E-state index in [9.17, 15) is 5.26 Å². The third-order valence-corrected chi connectivity index (χ3v) is 3.94. The smallest absolute Gasteiger partial charge is 0.0826 e. The zero-order valence-electron chi connectivity index (χ0n) is 9.67. The van der Waals surface area contributed by atoms with E-state index >= 15 is 0 Å². The summed E-state index contributed by atoms with van der Waals surface area (Å²) in [7, 11) is 0. The second kappa shape index (κ2) is 4.01. The van der Waals surface area contributed by atoms with Crippen LogP contribution in [0.25, 0.3) is 0 Å². The van der Waals surface area contributed by atoms with Crippen LogP contribution in [0, 0.1) is 11.3 Å². The minimum Gasteiger partial charge on any atom is -0.310 e. The fourth-order valence-corrected chi connectivity index (χ4v) is 2.48. The van der Waals surface area contributed by atoms with Crippen molar-refractivity contribution in [2.45, 2.75) is 43.7 Å². The molecule has 1 aromatic carbocycles. The van der Waals surface area contributed by atoms with Gasteiger partial charge >= 0.3 is 0 Å². The zero-order chi connectivity index (χ0) is 11.9. The van der Waals surface area contributed by atoms with Gasteiger partial charge in [-0.1, -0.05) is 17.7 Å². The van der Waals surface area contributed by atoms with Gasteiger partial charge in [0.05, 0.1) is 11.5 Å². The molecule has 0 aromatic heterocycles. The van der Waals surface area contributed by atoms with Crippen LogP contribution in [-0.4, -0.2) is 6.04 Å². The fourth-order valence-electron chi connectivity index (χ4n) is 2.28. The average molecular weight is 247 g/mol. The van der Waals surface area contributed by atoms with Crippen molar-refractivity contribution >= 4 is 11.6 Å². The molecular formula is C14H15ClN2. The highest BCUT2D eigenvalue weighted by atomic mass is 35.5. The summed E-state index contributed by atoms with van der Waals surface area (Å²) in [6, 6.07) is 9.07. The van der Waals surface area contributed by atoms with Crippen molar-refractivity contribution in [3.63, 3.8) is 0 Å². The van der Waals surface area contributed by atoms with Crippen LogP contribution in [0.2, 0.25) is 5.02 Å². The van der Waals surface area contributed by atoms with E-state index < -0.39 is 0 Å². The third kappa shape index (κ3) is 2.18. The van der Waals surface area contributed by atoms with Crippen LogP contribution in [0.1, 0.15) is 36.8 Å². The summed E-state index contributed by atoms with van der Waals surface area (Å²) in [6.07, 6.45) is 4.53. The highest BCUT2D eigenvalue weighted by Gasteiger charge is 2.46. The first-order valence-electron chi connectivity index (χ1n) is 6.17. The number of halogens is 1. The number of hydrogen-bond donors (Lipinski definition) is 1. The maximum Gasteiger partial charge on any atom is 0.0826 e. The second-order valence-electron chi connectivity index (χ2n) is 5.15. The summed E-state index contributed by atoms with van der Waals surface area (Å²) >= 11 is 6.05. The molecule has 2 saturated carbocycles. The standard InChI is InChI=1S/C14H15ClN2/c15-11-1-4-13(14(9-16)5-6-14)10(7-11)8-17-12-2-3-12/h1,4,7,12,17H,2-3,5-6,8H2. The monoisotopic (exact) mass is 246 g/mol. The number of hydrogen-bond acceptors (Lipinski definition) is 2. The summed E-state index contributed by atoms with van der Waals surface area (Å²) in [5, 5.41) is 13.5. The summed E-state index contributed by atoms with van der Waals surface area (Å²) in [5.74, 6) is 0. The minimum absolute atomic E-state index is 0.217. The van der Waals surface area contributed by atoms with E-state index in [1.807, 2.05) is 18.2 Å². The molecular weight excluding hydrogens is 232 g/mol. The Bertz CT molecular complexity index is 481. The van der Waals surface area contributed by atoms with Crippen molar-refractivity contribution in [2.24, 2.45) is 0 Å². The van der Waals surface area contributed by atoms with Gasteiger partial charge in [0, 0.05) is 17.6 Å². The lowest BCUT2D eigenvalue weighted by atomic mass is 9.92. The molecule has 0 spiro atoms. The van der Waals surface area contributed by atoms with Gasteiger partial charge in [0.15, 0.2) is 0 Å². The molecule has 0 heterocycles. The van der Waals surface area contributed by atoms with Crippen LogP contribution in [0.4, 0.5) is 0 Å². The summed E-state index contributed by atoms with van der Waals surface area (Å²) < 4.78 is 0. The van der Waals surface area contributed by atoms with Crippen LogP contribution in [0.15, 0.2) is 18.2 Å². The van der Waals surface area contributed by atoms with E-state index in [0.717, 1.165) is 24.4 Å². The molecule has 1 aromatic rings. The van der Waals surface area contributed by atoms with Crippen molar-refractivity contribution < 1.29 is 0 Å². The first-order chi connectivity index (χ1) is 8.23. The van der Waals surface area contributed by atoms with Crippen molar-refractivity contribution in [1.82, 2.24) is 5.32 Å². The van der Waals surface area contributed by atoms with Gasteiger partial charge in [0.2, 0.25) is 0 Å². The van der Waals surface area contributed by atoms with Gasteiger partial charge in [0.1, 0.15) is 0 Å². The first-order valence-corrected chi connectivity index (χ1v) is 6.55. The second-order valence-corrected chi connectivity index (χ2v) is 5.59. The van der Waals surface area contributed by atoms with Gasteiger partial charge in [0.25, 0.3) is 0 Å². The fraction of sp³-hybridized carbons (Fsp3) is 0.500. The molecule has 0 atom stereocenters. The Morgan fingerprint density at radius 3 is 2.76 bits per heavy atom. The van der Waals surface area contributed by atoms with Gasteiger partial charge in [-0.3, -0.25) is 0 Å². The number of benzene rings is 1. The molecule has 0 bridgehead atoms. The molecule has 0 unspecified atom stereocenters. The Morgan fingerprint density at radius 2 is 2.18 bits per heavy atom. The van der Waals surface area contributed by atoms with Crippen molar-refractivity contribution in [1.29, 1.82) is 5.26 Å². The van der Waals surface area contributed by atoms with E-state index in [1.165, 1.54) is 24.0 Å². The highest BCUT2D eigenvalue weighted by Crippen LogP contribution is 2.49. The van der Waals surface area contributed by atoms with Crippen molar-refractivity contribution in [3.05, 3.63) is 34.3 Å². The van der Waals surface area contributed by atoms with E-state index in [2.05, 4.69) is 11.4 Å². The van der Waals surface area contributed by atoms with Crippen LogP contribution in [0.3, 0.4) is 0 Å². The molecule has 2 aliphatic carbocycles. The quantitative estimate of drug-likeness (QED) is 0.886.